The van der Waals surface area contributed by atoms with E-state index in [9.17, 15) is 15.3 Å². The SMILES string of the molecule is C[C@@]1(O)C[C@@H]2C[C@H]1c1c(O)[nH]c(O)c12. The maximum absolute atomic E-state index is 10.1. The normalized spacial score (nSPS) is 39.0. The third-order valence-corrected chi connectivity index (χ3v) is 3.72. The lowest BCUT2D eigenvalue weighted by Crippen LogP contribution is -2.29. The first-order valence-electron chi connectivity index (χ1n) is 4.87. The molecule has 3 rings (SSSR count). The molecule has 0 radical (unpaired) electrons. The van der Waals surface area contributed by atoms with Crippen LogP contribution in [0.2, 0.25) is 0 Å². The molecule has 1 aromatic heterocycles. The highest BCUT2D eigenvalue weighted by Gasteiger charge is 2.53. The number of rotatable bonds is 0. The van der Waals surface area contributed by atoms with Gasteiger partial charge in [0, 0.05) is 17.0 Å². The number of aromatic hydroxyl groups is 2. The summed E-state index contributed by atoms with van der Waals surface area (Å²) in [6.45, 7) is 1.80. The van der Waals surface area contributed by atoms with E-state index in [1.54, 1.807) is 6.92 Å². The molecule has 14 heavy (non-hydrogen) atoms. The summed E-state index contributed by atoms with van der Waals surface area (Å²) in [5.74, 6) is 0.257. The second kappa shape index (κ2) is 2.08. The molecule has 1 aromatic rings. The fraction of sp³-hybridized carbons (Fsp3) is 0.600. The molecule has 4 nitrogen and oxygen atoms in total. The average molecular weight is 195 g/mol. The highest BCUT2D eigenvalue weighted by molar-refractivity contribution is 5.55. The van der Waals surface area contributed by atoms with E-state index in [0.717, 1.165) is 17.5 Å². The van der Waals surface area contributed by atoms with Gasteiger partial charge in [-0.3, -0.25) is 4.98 Å². The first-order valence-corrected chi connectivity index (χ1v) is 4.87. The van der Waals surface area contributed by atoms with E-state index in [4.69, 9.17) is 0 Å². The molecule has 0 aliphatic heterocycles. The molecule has 1 fully saturated rings. The van der Waals surface area contributed by atoms with Crippen molar-refractivity contribution in [3.63, 3.8) is 0 Å². The number of fused-ring (bicyclic) bond motifs is 5. The van der Waals surface area contributed by atoms with Crippen LogP contribution in [0.3, 0.4) is 0 Å². The van der Waals surface area contributed by atoms with E-state index in [0.29, 0.717) is 6.42 Å². The van der Waals surface area contributed by atoms with E-state index in [1.165, 1.54) is 0 Å². The molecule has 2 aliphatic carbocycles. The van der Waals surface area contributed by atoms with Gasteiger partial charge in [0.05, 0.1) is 5.60 Å². The van der Waals surface area contributed by atoms with Crippen LogP contribution in [0, 0.1) is 0 Å². The molecule has 2 bridgehead atoms. The molecule has 0 aromatic carbocycles. The van der Waals surface area contributed by atoms with Crippen molar-refractivity contribution in [3.05, 3.63) is 11.1 Å². The maximum Gasteiger partial charge on any atom is 0.195 e. The Morgan fingerprint density at radius 3 is 2.64 bits per heavy atom. The summed E-state index contributed by atoms with van der Waals surface area (Å²) in [6.07, 6.45) is 1.52. The largest absolute Gasteiger partial charge is 0.494 e. The molecular weight excluding hydrogens is 182 g/mol. The van der Waals surface area contributed by atoms with Gasteiger partial charge in [0.2, 0.25) is 0 Å². The average Bonchev–Trinajstić information content (AvgIpc) is 2.62. The first kappa shape index (κ1) is 8.17. The molecule has 4 heteroatoms. The Bertz CT molecular complexity index is 408. The van der Waals surface area contributed by atoms with Crippen molar-refractivity contribution in [3.8, 4) is 11.8 Å². The Morgan fingerprint density at radius 1 is 1.29 bits per heavy atom. The molecule has 3 atom stereocenters. The topological polar surface area (TPSA) is 76.5 Å². The van der Waals surface area contributed by atoms with E-state index in [-0.39, 0.29) is 23.6 Å². The number of aromatic nitrogens is 1. The summed E-state index contributed by atoms with van der Waals surface area (Å²) in [7, 11) is 0. The zero-order valence-electron chi connectivity index (χ0n) is 7.91. The monoisotopic (exact) mass is 195 g/mol. The van der Waals surface area contributed by atoms with Crippen LogP contribution in [0.4, 0.5) is 0 Å². The number of aromatic amines is 1. The molecule has 0 amide bonds. The van der Waals surface area contributed by atoms with Crippen LogP contribution in [-0.2, 0) is 0 Å². The van der Waals surface area contributed by atoms with Gasteiger partial charge in [-0.1, -0.05) is 0 Å². The fourth-order valence-corrected chi connectivity index (χ4v) is 3.18. The summed E-state index contributed by atoms with van der Waals surface area (Å²) in [4.78, 5) is 2.52. The molecule has 1 heterocycles. The van der Waals surface area contributed by atoms with E-state index in [2.05, 4.69) is 4.98 Å². The lowest BCUT2D eigenvalue weighted by Gasteiger charge is -2.28. The number of nitrogens with one attached hydrogen (secondary N) is 1. The van der Waals surface area contributed by atoms with Crippen molar-refractivity contribution in [2.75, 3.05) is 0 Å². The molecular formula is C10H13NO3. The second-order valence-electron chi connectivity index (χ2n) is 4.70. The molecule has 4 N–H and O–H groups in total. The summed E-state index contributed by atoms with van der Waals surface area (Å²) < 4.78 is 0. The van der Waals surface area contributed by atoms with Gasteiger partial charge in [0.1, 0.15) is 0 Å². The molecule has 1 saturated carbocycles. The smallest absolute Gasteiger partial charge is 0.195 e. The van der Waals surface area contributed by atoms with Gasteiger partial charge in [0.25, 0.3) is 0 Å². The predicted molar refractivity (Wildman–Crippen MR) is 49.5 cm³/mol. The van der Waals surface area contributed by atoms with Crippen molar-refractivity contribution < 1.29 is 15.3 Å². The molecule has 2 aliphatic rings. The van der Waals surface area contributed by atoms with Crippen LogP contribution in [-0.4, -0.2) is 25.9 Å². The van der Waals surface area contributed by atoms with Gasteiger partial charge in [-0.2, -0.15) is 0 Å². The van der Waals surface area contributed by atoms with Crippen molar-refractivity contribution in [2.45, 2.75) is 37.2 Å². The van der Waals surface area contributed by atoms with E-state index >= 15 is 0 Å². The lowest BCUT2D eigenvalue weighted by atomic mass is 9.83. The maximum atomic E-state index is 10.1. The Balaban J connectivity index is 2.22. The number of hydrogen-bond donors (Lipinski definition) is 4. The van der Waals surface area contributed by atoms with Crippen LogP contribution >= 0.6 is 0 Å². The van der Waals surface area contributed by atoms with Gasteiger partial charge < -0.3 is 15.3 Å². The predicted octanol–water partition coefficient (Wildman–Crippen LogP) is 1.15. The van der Waals surface area contributed by atoms with E-state index < -0.39 is 5.60 Å². The Labute approximate surface area is 81.2 Å². The van der Waals surface area contributed by atoms with Gasteiger partial charge in [-0.15, -0.1) is 0 Å². The standard InChI is InChI=1S/C10H13NO3/c1-10(14)3-4-2-5(10)7-6(4)8(12)11-9(7)13/h4-5,11-14H,2-3H2,1H3/t4-,5-,10+/m0/s1. The van der Waals surface area contributed by atoms with Crippen LogP contribution in [0.1, 0.15) is 42.7 Å². The molecule has 0 spiro atoms. The van der Waals surface area contributed by atoms with Crippen LogP contribution in [0.25, 0.3) is 0 Å². The zero-order valence-corrected chi connectivity index (χ0v) is 7.91. The summed E-state index contributed by atoms with van der Waals surface area (Å²) in [5.41, 5.74) is 0.812. The lowest BCUT2D eigenvalue weighted by molar-refractivity contribution is 0.0439. The van der Waals surface area contributed by atoms with Crippen LogP contribution < -0.4 is 0 Å². The summed E-state index contributed by atoms with van der Waals surface area (Å²) in [6, 6.07) is 0. The second-order valence-corrected chi connectivity index (χ2v) is 4.70. The quantitative estimate of drug-likeness (QED) is 0.501. The zero-order chi connectivity index (χ0) is 10.1. The van der Waals surface area contributed by atoms with Crippen molar-refractivity contribution in [2.24, 2.45) is 0 Å². The van der Waals surface area contributed by atoms with Crippen molar-refractivity contribution in [1.82, 2.24) is 4.98 Å². The third-order valence-electron chi connectivity index (χ3n) is 3.72. The minimum atomic E-state index is -0.732. The Hall–Kier alpha value is -1.16. The Kier molecular flexibility index (Phi) is 1.22. The van der Waals surface area contributed by atoms with Crippen LogP contribution in [0.15, 0.2) is 0 Å². The number of H-pyrrole nitrogens is 1. The molecule has 76 valence electrons. The Morgan fingerprint density at radius 2 is 1.93 bits per heavy atom. The van der Waals surface area contributed by atoms with Crippen molar-refractivity contribution >= 4 is 0 Å². The fourth-order valence-electron chi connectivity index (χ4n) is 3.18. The molecule has 0 saturated heterocycles. The van der Waals surface area contributed by atoms with Crippen LogP contribution in [0.5, 0.6) is 11.8 Å². The third kappa shape index (κ3) is 0.733. The summed E-state index contributed by atoms with van der Waals surface area (Å²) >= 11 is 0. The van der Waals surface area contributed by atoms with Gasteiger partial charge in [-0.05, 0) is 25.7 Å². The first-order chi connectivity index (χ1) is 6.50. The van der Waals surface area contributed by atoms with Gasteiger partial charge in [0.15, 0.2) is 11.8 Å². The minimum Gasteiger partial charge on any atom is -0.494 e. The number of aliphatic hydroxyl groups is 1. The van der Waals surface area contributed by atoms with Gasteiger partial charge >= 0.3 is 0 Å². The van der Waals surface area contributed by atoms with Crippen molar-refractivity contribution in [1.29, 1.82) is 0 Å². The highest BCUT2D eigenvalue weighted by atomic mass is 16.3. The van der Waals surface area contributed by atoms with E-state index in [1.807, 2.05) is 0 Å². The number of hydrogen-bond acceptors (Lipinski definition) is 3. The molecule has 0 unspecified atom stereocenters. The summed E-state index contributed by atoms with van der Waals surface area (Å²) in [5, 5.41) is 29.2. The van der Waals surface area contributed by atoms with Gasteiger partial charge in [-0.25, -0.2) is 0 Å². The highest BCUT2D eigenvalue weighted by Crippen LogP contribution is 2.62. The minimum absolute atomic E-state index is 0.0185.